The van der Waals surface area contributed by atoms with Gasteiger partial charge in [0.05, 0.1) is 18.7 Å². The third kappa shape index (κ3) is 5.40. The Balaban J connectivity index is 2.39. The second kappa shape index (κ2) is 7.64. The summed E-state index contributed by atoms with van der Waals surface area (Å²) in [6, 6.07) is 1.80. The average Bonchev–Trinajstić information content (AvgIpc) is 2.37. The van der Waals surface area contributed by atoms with Crippen molar-refractivity contribution in [2.75, 3.05) is 13.2 Å². The first-order valence-electron chi connectivity index (χ1n) is 6.18. The van der Waals surface area contributed by atoms with Crippen molar-refractivity contribution in [2.45, 2.75) is 25.9 Å². The molecule has 2 unspecified atom stereocenters. The number of rotatable bonds is 6. The van der Waals surface area contributed by atoms with Crippen molar-refractivity contribution in [1.29, 1.82) is 0 Å². The number of benzene rings is 1. The van der Waals surface area contributed by atoms with Gasteiger partial charge in [-0.25, -0.2) is 13.6 Å². The minimum Gasteiger partial charge on any atom is -0.488 e. The lowest BCUT2D eigenvalue weighted by Crippen LogP contribution is -2.47. The summed E-state index contributed by atoms with van der Waals surface area (Å²) in [5.41, 5.74) is 0. The molecule has 2 amide bonds. The van der Waals surface area contributed by atoms with E-state index in [0.717, 1.165) is 12.1 Å². The van der Waals surface area contributed by atoms with E-state index in [1.165, 1.54) is 6.07 Å². The number of amides is 2. The van der Waals surface area contributed by atoms with Crippen LogP contribution in [0, 0.1) is 11.6 Å². The number of hydrogen-bond acceptors (Lipinski definition) is 3. The highest BCUT2D eigenvalue weighted by Gasteiger charge is 2.11. The van der Waals surface area contributed by atoms with Gasteiger partial charge in [-0.2, -0.15) is 0 Å². The zero-order chi connectivity index (χ0) is 15.1. The SMILES string of the molecule is CC(CO)NC(=O)NC(C)COc1ccc(F)cc1F. The molecule has 7 heteroatoms. The molecule has 2 atom stereocenters. The van der Waals surface area contributed by atoms with E-state index in [0.29, 0.717) is 0 Å². The molecule has 0 fully saturated rings. The molecule has 0 saturated carbocycles. The number of aliphatic hydroxyl groups excluding tert-OH is 1. The molecule has 1 rings (SSSR count). The summed E-state index contributed by atoms with van der Waals surface area (Å²) in [6.07, 6.45) is 0. The number of aliphatic hydroxyl groups is 1. The minimum absolute atomic E-state index is 0.0312. The summed E-state index contributed by atoms with van der Waals surface area (Å²) in [6.45, 7) is 3.18. The summed E-state index contributed by atoms with van der Waals surface area (Å²) in [5, 5.41) is 13.8. The lowest BCUT2D eigenvalue weighted by molar-refractivity contribution is 0.210. The molecule has 0 aliphatic rings. The third-order valence-electron chi connectivity index (χ3n) is 2.41. The van der Waals surface area contributed by atoms with E-state index in [2.05, 4.69) is 10.6 Å². The first-order chi connectivity index (χ1) is 9.42. The van der Waals surface area contributed by atoms with Gasteiger partial charge in [-0.15, -0.1) is 0 Å². The average molecular weight is 288 g/mol. The van der Waals surface area contributed by atoms with Gasteiger partial charge >= 0.3 is 6.03 Å². The van der Waals surface area contributed by atoms with Crippen molar-refractivity contribution in [1.82, 2.24) is 10.6 Å². The van der Waals surface area contributed by atoms with Crippen LogP contribution in [0.1, 0.15) is 13.8 Å². The molecule has 5 nitrogen and oxygen atoms in total. The van der Waals surface area contributed by atoms with Crippen LogP contribution < -0.4 is 15.4 Å². The summed E-state index contributed by atoms with van der Waals surface area (Å²) >= 11 is 0. The predicted octanol–water partition coefficient (Wildman–Crippen LogP) is 1.41. The molecule has 1 aromatic rings. The number of urea groups is 1. The van der Waals surface area contributed by atoms with Gasteiger partial charge in [-0.05, 0) is 26.0 Å². The summed E-state index contributed by atoms with van der Waals surface area (Å²) in [4.78, 5) is 11.4. The van der Waals surface area contributed by atoms with E-state index in [1.807, 2.05) is 0 Å². The fraction of sp³-hybridized carbons (Fsp3) is 0.462. The Labute approximate surface area is 115 Å². The number of nitrogens with one attached hydrogen (secondary N) is 2. The van der Waals surface area contributed by atoms with Gasteiger partial charge in [-0.1, -0.05) is 0 Å². The quantitative estimate of drug-likeness (QED) is 0.741. The van der Waals surface area contributed by atoms with Crippen molar-refractivity contribution in [3.05, 3.63) is 29.8 Å². The first kappa shape index (κ1) is 16.2. The second-order valence-electron chi connectivity index (χ2n) is 4.49. The van der Waals surface area contributed by atoms with Gasteiger partial charge in [0.1, 0.15) is 12.4 Å². The van der Waals surface area contributed by atoms with Crippen molar-refractivity contribution in [3.8, 4) is 5.75 Å². The highest BCUT2D eigenvalue weighted by molar-refractivity contribution is 5.74. The topological polar surface area (TPSA) is 70.6 Å². The van der Waals surface area contributed by atoms with Gasteiger partial charge in [0.15, 0.2) is 11.6 Å². The highest BCUT2D eigenvalue weighted by atomic mass is 19.1. The number of carbonyl (C=O) groups excluding carboxylic acids is 1. The van der Waals surface area contributed by atoms with E-state index in [9.17, 15) is 13.6 Å². The Hall–Kier alpha value is -1.89. The van der Waals surface area contributed by atoms with E-state index >= 15 is 0 Å². The summed E-state index contributed by atoms with van der Waals surface area (Å²) in [5.74, 6) is -1.56. The first-order valence-corrected chi connectivity index (χ1v) is 6.18. The van der Waals surface area contributed by atoms with Gasteiger partial charge in [0.2, 0.25) is 0 Å². The fourth-order valence-electron chi connectivity index (χ4n) is 1.38. The molecular weight excluding hydrogens is 270 g/mol. The fourth-order valence-corrected chi connectivity index (χ4v) is 1.38. The van der Waals surface area contributed by atoms with Gasteiger partial charge in [0.25, 0.3) is 0 Å². The van der Waals surface area contributed by atoms with E-state index in [-0.39, 0.29) is 31.0 Å². The minimum atomic E-state index is -0.796. The van der Waals surface area contributed by atoms with Gasteiger partial charge < -0.3 is 20.5 Å². The third-order valence-corrected chi connectivity index (χ3v) is 2.41. The highest BCUT2D eigenvalue weighted by Crippen LogP contribution is 2.17. The van der Waals surface area contributed by atoms with E-state index < -0.39 is 17.7 Å². The van der Waals surface area contributed by atoms with Crippen LogP contribution in [0.4, 0.5) is 13.6 Å². The monoisotopic (exact) mass is 288 g/mol. The van der Waals surface area contributed by atoms with Crippen LogP contribution in [0.15, 0.2) is 18.2 Å². The normalized spacial score (nSPS) is 13.4. The number of hydrogen-bond donors (Lipinski definition) is 3. The summed E-state index contributed by atoms with van der Waals surface area (Å²) < 4.78 is 31.1. The molecule has 0 saturated heterocycles. The van der Waals surface area contributed by atoms with Crippen LogP contribution in [-0.2, 0) is 0 Å². The molecule has 0 aromatic heterocycles. The number of carbonyl (C=O) groups is 1. The van der Waals surface area contributed by atoms with Crippen LogP contribution in [0.25, 0.3) is 0 Å². The molecule has 20 heavy (non-hydrogen) atoms. The lowest BCUT2D eigenvalue weighted by atomic mass is 10.3. The number of halogens is 2. The molecule has 0 bridgehead atoms. The van der Waals surface area contributed by atoms with Crippen molar-refractivity contribution >= 4 is 6.03 Å². The van der Waals surface area contributed by atoms with Crippen molar-refractivity contribution < 1.29 is 23.4 Å². The maximum atomic E-state index is 13.3. The molecule has 0 aliphatic heterocycles. The zero-order valence-corrected chi connectivity index (χ0v) is 11.3. The Morgan fingerprint density at radius 3 is 2.55 bits per heavy atom. The Morgan fingerprint density at radius 1 is 1.30 bits per heavy atom. The molecule has 0 spiro atoms. The van der Waals surface area contributed by atoms with E-state index in [4.69, 9.17) is 9.84 Å². The molecule has 112 valence electrons. The maximum absolute atomic E-state index is 13.3. The molecule has 0 heterocycles. The molecule has 0 radical (unpaired) electrons. The Morgan fingerprint density at radius 2 is 1.95 bits per heavy atom. The zero-order valence-electron chi connectivity index (χ0n) is 11.3. The van der Waals surface area contributed by atoms with Gasteiger partial charge in [0, 0.05) is 6.07 Å². The van der Waals surface area contributed by atoms with Crippen LogP contribution in [0.2, 0.25) is 0 Å². The van der Waals surface area contributed by atoms with Crippen molar-refractivity contribution in [2.24, 2.45) is 0 Å². The van der Waals surface area contributed by atoms with Crippen LogP contribution in [-0.4, -0.2) is 36.4 Å². The molecular formula is C13H18F2N2O3. The maximum Gasteiger partial charge on any atom is 0.315 e. The largest absolute Gasteiger partial charge is 0.488 e. The van der Waals surface area contributed by atoms with E-state index in [1.54, 1.807) is 13.8 Å². The smallest absolute Gasteiger partial charge is 0.315 e. The van der Waals surface area contributed by atoms with Gasteiger partial charge in [-0.3, -0.25) is 0 Å². The Bertz CT molecular complexity index is 457. The lowest BCUT2D eigenvalue weighted by Gasteiger charge is -2.17. The Kier molecular flexibility index (Phi) is 6.17. The number of ether oxygens (including phenoxy) is 1. The molecule has 1 aromatic carbocycles. The standard InChI is InChI=1S/C13H18F2N2O3/c1-8(6-18)16-13(19)17-9(2)7-20-12-4-3-10(14)5-11(12)15/h3-5,8-9,18H,6-7H2,1-2H3,(H2,16,17,19). The second-order valence-corrected chi connectivity index (χ2v) is 4.49. The molecule has 3 N–H and O–H groups in total. The van der Waals surface area contributed by atoms with Crippen LogP contribution in [0.5, 0.6) is 5.75 Å². The summed E-state index contributed by atoms with van der Waals surface area (Å²) in [7, 11) is 0. The van der Waals surface area contributed by atoms with Crippen molar-refractivity contribution in [3.63, 3.8) is 0 Å². The van der Waals surface area contributed by atoms with Crippen LogP contribution in [0.3, 0.4) is 0 Å². The molecule has 0 aliphatic carbocycles. The predicted molar refractivity (Wildman–Crippen MR) is 69.5 cm³/mol. The van der Waals surface area contributed by atoms with Crippen LogP contribution >= 0.6 is 0 Å².